The maximum absolute atomic E-state index is 12.8. The summed E-state index contributed by atoms with van der Waals surface area (Å²) in [6.07, 6.45) is 5.22. The van der Waals surface area contributed by atoms with Crippen molar-refractivity contribution in [1.29, 1.82) is 0 Å². The first-order chi connectivity index (χ1) is 16.0. The fraction of sp³-hybridized carbons (Fsp3) is 0.280. The maximum Gasteiger partial charge on any atom is 0.293 e. The lowest BCUT2D eigenvalue weighted by Crippen LogP contribution is -2.34. The zero-order chi connectivity index (χ0) is 22.9. The SMILES string of the molecule is O=C(NC(=S)Nc1ccc2c3c(cccc13)CC2)c1ccc(N2CCCCC2)c([N+](=O)[O-])c1. The highest BCUT2D eigenvalue weighted by Gasteiger charge is 2.23. The predicted molar refractivity (Wildman–Crippen MR) is 134 cm³/mol. The highest BCUT2D eigenvalue weighted by atomic mass is 32.1. The van der Waals surface area contributed by atoms with E-state index in [-0.39, 0.29) is 16.4 Å². The van der Waals surface area contributed by atoms with Crippen LogP contribution >= 0.6 is 12.2 Å². The molecule has 3 aromatic rings. The van der Waals surface area contributed by atoms with Crippen LogP contribution in [0.1, 0.15) is 40.7 Å². The topological polar surface area (TPSA) is 87.5 Å². The molecule has 1 fully saturated rings. The Morgan fingerprint density at radius 3 is 2.52 bits per heavy atom. The van der Waals surface area contributed by atoms with E-state index in [9.17, 15) is 14.9 Å². The van der Waals surface area contributed by atoms with E-state index < -0.39 is 10.8 Å². The molecule has 8 heteroatoms. The van der Waals surface area contributed by atoms with E-state index in [1.54, 1.807) is 12.1 Å². The van der Waals surface area contributed by atoms with Gasteiger partial charge >= 0.3 is 0 Å². The lowest BCUT2D eigenvalue weighted by molar-refractivity contribution is -0.384. The number of thiocarbonyl (C=S) groups is 1. The molecule has 3 aromatic carbocycles. The van der Waals surface area contributed by atoms with Gasteiger partial charge in [-0.05, 0) is 79.0 Å². The zero-order valence-electron chi connectivity index (χ0n) is 18.1. The molecule has 0 atom stereocenters. The fourth-order valence-electron chi connectivity index (χ4n) is 4.90. The van der Waals surface area contributed by atoms with Gasteiger partial charge in [0.15, 0.2) is 5.11 Å². The second kappa shape index (κ2) is 8.78. The first kappa shape index (κ1) is 21.3. The number of nitrogens with zero attached hydrogens (tertiary/aromatic N) is 2. The second-order valence-corrected chi connectivity index (χ2v) is 8.94. The number of nitro groups is 1. The average Bonchev–Trinajstić information content (AvgIpc) is 3.25. The van der Waals surface area contributed by atoms with Crippen molar-refractivity contribution in [3.05, 3.63) is 75.3 Å². The number of hydrogen-bond acceptors (Lipinski definition) is 5. The van der Waals surface area contributed by atoms with E-state index in [1.165, 1.54) is 22.6 Å². The molecule has 0 unspecified atom stereocenters. The van der Waals surface area contributed by atoms with Crippen LogP contribution in [-0.2, 0) is 12.8 Å². The number of anilines is 2. The number of hydrogen-bond donors (Lipinski definition) is 2. The normalized spacial score (nSPS) is 14.8. The van der Waals surface area contributed by atoms with E-state index in [1.807, 2.05) is 23.1 Å². The Bertz CT molecular complexity index is 1270. The molecule has 0 saturated carbocycles. The predicted octanol–water partition coefficient (Wildman–Crippen LogP) is 4.96. The Morgan fingerprint density at radius 2 is 1.76 bits per heavy atom. The summed E-state index contributed by atoms with van der Waals surface area (Å²) in [5.74, 6) is -0.480. The van der Waals surface area contributed by atoms with Crippen molar-refractivity contribution in [2.24, 2.45) is 0 Å². The summed E-state index contributed by atoms with van der Waals surface area (Å²) in [5, 5.41) is 20.0. The van der Waals surface area contributed by atoms with Gasteiger partial charge in [0.1, 0.15) is 5.69 Å². The number of carbonyl (C=O) groups excluding carboxylic acids is 1. The zero-order valence-corrected chi connectivity index (χ0v) is 18.9. The van der Waals surface area contributed by atoms with Crippen LogP contribution in [0.4, 0.5) is 17.1 Å². The average molecular weight is 461 g/mol. The van der Waals surface area contributed by atoms with Crippen molar-refractivity contribution < 1.29 is 9.72 Å². The second-order valence-electron chi connectivity index (χ2n) is 8.53. The van der Waals surface area contributed by atoms with Crippen LogP contribution in [0.15, 0.2) is 48.5 Å². The number of carbonyl (C=O) groups is 1. The van der Waals surface area contributed by atoms with E-state index in [4.69, 9.17) is 12.2 Å². The Hall–Kier alpha value is -3.52. The summed E-state index contributed by atoms with van der Waals surface area (Å²) in [4.78, 5) is 26.1. The number of nitrogens with one attached hydrogen (secondary N) is 2. The molecule has 0 bridgehead atoms. The molecule has 1 amide bonds. The van der Waals surface area contributed by atoms with Gasteiger partial charge in [-0.1, -0.05) is 24.3 Å². The summed E-state index contributed by atoms with van der Waals surface area (Å²) in [5.41, 5.74) is 4.17. The molecule has 0 spiro atoms. The molecule has 2 aliphatic rings. The standard InChI is InChI=1S/C25H24N4O3S/c30-24(18-10-12-21(22(15-18)29(31)32)28-13-2-1-3-14-28)27-25(33)26-20-11-9-17-8-7-16-5-4-6-19(20)23(16)17/h4-6,9-12,15H,1-3,7-8,13-14H2,(H2,26,27,30,33). The van der Waals surface area contributed by atoms with Gasteiger partial charge in [-0.3, -0.25) is 20.2 Å². The number of rotatable bonds is 4. The molecule has 1 heterocycles. The highest BCUT2D eigenvalue weighted by molar-refractivity contribution is 7.80. The van der Waals surface area contributed by atoms with Gasteiger partial charge in [-0.15, -0.1) is 0 Å². The van der Waals surface area contributed by atoms with E-state index >= 15 is 0 Å². The smallest absolute Gasteiger partial charge is 0.293 e. The van der Waals surface area contributed by atoms with Crippen molar-refractivity contribution >= 4 is 51.1 Å². The number of aryl methyl sites for hydroxylation is 2. The summed E-state index contributed by atoms with van der Waals surface area (Å²) in [6.45, 7) is 1.57. The lowest BCUT2D eigenvalue weighted by Gasteiger charge is -2.28. The molecule has 2 N–H and O–H groups in total. The van der Waals surface area contributed by atoms with Crippen LogP contribution in [0.25, 0.3) is 10.8 Å². The van der Waals surface area contributed by atoms with E-state index in [0.29, 0.717) is 5.69 Å². The van der Waals surface area contributed by atoms with Gasteiger partial charge in [0, 0.05) is 35.8 Å². The first-order valence-corrected chi connectivity index (χ1v) is 11.6. The van der Waals surface area contributed by atoms with Gasteiger partial charge < -0.3 is 10.2 Å². The van der Waals surface area contributed by atoms with Gasteiger partial charge in [-0.2, -0.15) is 0 Å². The molecule has 7 nitrogen and oxygen atoms in total. The molecule has 0 aromatic heterocycles. The van der Waals surface area contributed by atoms with Gasteiger partial charge in [0.05, 0.1) is 4.92 Å². The lowest BCUT2D eigenvalue weighted by atomic mass is 10.0. The van der Waals surface area contributed by atoms with Crippen LogP contribution in [0, 0.1) is 10.1 Å². The molecule has 1 saturated heterocycles. The van der Waals surface area contributed by atoms with Crippen molar-refractivity contribution in [2.75, 3.05) is 23.3 Å². The minimum atomic E-state index is -0.480. The van der Waals surface area contributed by atoms with Crippen LogP contribution < -0.4 is 15.5 Å². The minimum absolute atomic E-state index is 0.0593. The molecule has 1 aliphatic heterocycles. The Labute approximate surface area is 196 Å². The molecule has 168 valence electrons. The van der Waals surface area contributed by atoms with Crippen LogP contribution in [0.3, 0.4) is 0 Å². The van der Waals surface area contributed by atoms with Crippen LogP contribution in [0.2, 0.25) is 0 Å². The summed E-state index contributed by atoms with van der Waals surface area (Å²) in [7, 11) is 0. The molecule has 5 rings (SSSR count). The molecule has 1 aliphatic carbocycles. The quantitative estimate of drug-likeness (QED) is 0.325. The van der Waals surface area contributed by atoms with Crippen molar-refractivity contribution in [3.8, 4) is 0 Å². The van der Waals surface area contributed by atoms with Gasteiger partial charge in [0.2, 0.25) is 0 Å². The number of benzene rings is 3. The third-order valence-corrected chi connectivity index (χ3v) is 6.69. The van der Waals surface area contributed by atoms with E-state index in [0.717, 1.165) is 56.3 Å². The molecular formula is C25H24N4O3S. The van der Waals surface area contributed by atoms with E-state index in [2.05, 4.69) is 22.8 Å². The van der Waals surface area contributed by atoms with Gasteiger partial charge in [-0.25, -0.2) is 0 Å². The number of amides is 1. The number of nitro benzene ring substituents is 1. The maximum atomic E-state index is 12.8. The molecular weight excluding hydrogens is 436 g/mol. The summed E-state index contributed by atoms with van der Waals surface area (Å²) < 4.78 is 0. The summed E-state index contributed by atoms with van der Waals surface area (Å²) in [6, 6.07) is 14.9. The largest absolute Gasteiger partial charge is 0.366 e. The minimum Gasteiger partial charge on any atom is -0.366 e. The van der Waals surface area contributed by atoms with Crippen LogP contribution in [0.5, 0.6) is 0 Å². The highest BCUT2D eigenvalue weighted by Crippen LogP contribution is 2.35. The molecule has 0 radical (unpaired) electrons. The first-order valence-electron chi connectivity index (χ1n) is 11.2. The Balaban J connectivity index is 1.34. The monoisotopic (exact) mass is 460 g/mol. The fourth-order valence-corrected chi connectivity index (χ4v) is 5.10. The molecule has 33 heavy (non-hydrogen) atoms. The van der Waals surface area contributed by atoms with Crippen LogP contribution in [-0.4, -0.2) is 29.0 Å². The Morgan fingerprint density at radius 1 is 1.00 bits per heavy atom. The summed E-state index contributed by atoms with van der Waals surface area (Å²) >= 11 is 5.38. The number of piperidine rings is 1. The third kappa shape index (κ3) is 4.14. The van der Waals surface area contributed by atoms with Gasteiger partial charge in [0.25, 0.3) is 11.6 Å². The van der Waals surface area contributed by atoms with Crippen molar-refractivity contribution in [1.82, 2.24) is 5.32 Å². The third-order valence-electron chi connectivity index (χ3n) is 6.48. The van der Waals surface area contributed by atoms with Crippen molar-refractivity contribution in [2.45, 2.75) is 32.1 Å². The Kier molecular flexibility index (Phi) is 5.68. The van der Waals surface area contributed by atoms with Crippen molar-refractivity contribution in [3.63, 3.8) is 0 Å².